The van der Waals surface area contributed by atoms with Crippen LogP contribution in [0.2, 0.25) is 0 Å². The Morgan fingerprint density at radius 3 is 2.69 bits per heavy atom. The van der Waals surface area contributed by atoms with Crippen molar-refractivity contribution in [2.45, 2.75) is 50.0 Å². The SMILES string of the molecule is CCC1CCCCN1C(=O)CCNS(=O)(=O)c1ccc2ccccc2c1. The molecule has 6 heteroatoms. The maximum Gasteiger partial charge on any atom is 0.240 e. The molecule has 1 saturated heterocycles. The molecule has 3 rings (SSSR count). The number of piperidine rings is 1. The average Bonchev–Trinajstić information content (AvgIpc) is 2.67. The fourth-order valence-electron chi connectivity index (χ4n) is 3.61. The lowest BCUT2D eigenvalue weighted by atomic mass is 9.99. The van der Waals surface area contributed by atoms with E-state index in [1.807, 2.05) is 29.2 Å². The highest BCUT2D eigenvalue weighted by atomic mass is 32.2. The van der Waals surface area contributed by atoms with Gasteiger partial charge in [-0.15, -0.1) is 0 Å². The second-order valence-electron chi connectivity index (χ2n) is 6.80. The molecule has 0 spiro atoms. The van der Waals surface area contributed by atoms with E-state index in [4.69, 9.17) is 0 Å². The first-order chi connectivity index (χ1) is 12.5. The van der Waals surface area contributed by atoms with E-state index in [2.05, 4.69) is 11.6 Å². The van der Waals surface area contributed by atoms with Gasteiger partial charge in [-0.3, -0.25) is 4.79 Å². The Kier molecular flexibility index (Phi) is 5.94. The fourth-order valence-corrected chi connectivity index (χ4v) is 4.67. The molecule has 0 aliphatic carbocycles. The van der Waals surface area contributed by atoms with Gasteiger partial charge in [0.15, 0.2) is 0 Å². The van der Waals surface area contributed by atoms with Crippen molar-refractivity contribution in [3.63, 3.8) is 0 Å². The molecule has 0 aromatic heterocycles. The second kappa shape index (κ2) is 8.18. The highest BCUT2D eigenvalue weighted by molar-refractivity contribution is 7.89. The molecule has 1 heterocycles. The number of benzene rings is 2. The van der Waals surface area contributed by atoms with Gasteiger partial charge in [0.05, 0.1) is 4.90 Å². The van der Waals surface area contributed by atoms with Gasteiger partial charge in [-0.1, -0.05) is 37.3 Å². The molecule has 1 fully saturated rings. The van der Waals surface area contributed by atoms with E-state index in [-0.39, 0.29) is 23.8 Å². The molecule has 2 aromatic rings. The number of hydrogen-bond acceptors (Lipinski definition) is 3. The quantitative estimate of drug-likeness (QED) is 0.844. The highest BCUT2D eigenvalue weighted by Gasteiger charge is 2.25. The number of rotatable bonds is 6. The van der Waals surface area contributed by atoms with E-state index in [1.165, 1.54) is 0 Å². The number of nitrogens with zero attached hydrogens (tertiary/aromatic N) is 1. The molecule has 2 aromatic carbocycles. The number of likely N-dealkylation sites (tertiary alicyclic amines) is 1. The monoisotopic (exact) mass is 374 g/mol. The summed E-state index contributed by atoms with van der Waals surface area (Å²) in [6.45, 7) is 3.01. The van der Waals surface area contributed by atoms with Crippen molar-refractivity contribution >= 4 is 26.7 Å². The summed E-state index contributed by atoms with van der Waals surface area (Å²) in [5.41, 5.74) is 0. The van der Waals surface area contributed by atoms with Gasteiger partial charge in [0, 0.05) is 25.6 Å². The third kappa shape index (κ3) is 4.24. The third-order valence-corrected chi connectivity index (χ3v) is 6.54. The van der Waals surface area contributed by atoms with Crippen LogP contribution < -0.4 is 4.72 Å². The van der Waals surface area contributed by atoms with Gasteiger partial charge in [-0.2, -0.15) is 0 Å². The topological polar surface area (TPSA) is 66.5 Å². The minimum atomic E-state index is -3.62. The van der Waals surface area contributed by atoms with Crippen molar-refractivity contribution in [2.75, 3.05) is 13.1 Å². The molecule has 1 amide bonds. The molecule has 0 bridgehead atoms. The summed E-state index contributed by atoms with van der Waals surface area (Å²) in [7, 11) is -3.62. The Balaban J connectivity index is 1.61. The number of carbonyl (C=O) groups is 1. The van der Waals surface area contributed by atoms with Crippen LogP contribution in [0.4, 0.5) is 0 Å². The lowest BCUT2D eigenvalue weighted by Crippen LogP contribution is -2.44. The summed E-state index contributed by atoms with van der Waals surface area (Å²) in [5.74, 6) is 0.0396. The van der Waals surface area contributed by atoms with Gasteiger partial charge in [-0.25, -0.2) is 13.1 Å². The maximum atomic E-state index is 12.5. The van der Waals surface area contributed by atoms with Gasteiger partial charge in [-0.05, 0) is 48.6 Å². The van der Waals surface area contributed by atoms with Gasteiger partial charge in [0.1, 0.15) is 0 Å². The average molecular weight is 375 g/mol. The summed E-state index contributed by atoms with van der Waals surface area (Å²) in [6.07, 6.45) is 4.39. The molecule has 5 nitrogen and oxygen atoms in total. The summed E-state index contributed by atoms with van der Waals surface area (Å²) < 4.78 is 27.6. The first kappa shape index (κ1) is 18.9. The summed E-state index contributed by atoms with van der Waals surface area (Å²) >= 11 is 0. The third-order valence-electron chi connectivity index (χ3n) is 5.08. The number of carbonyl (C=O) groups excluding carboxylic acids is 1. The molecule has 0 radical (unpaired) electrons. The van der Waals surface area contributed by atoms with Crippen molar-refractivity contribution in [1.29, 1.82) is 0 Å². The zero-order valence-electron chi connectivity index (χ0n) is 15.1. The lowest BCUT2D eigenvalue weighted by Gasteiger charge is -2.35. The van der Waals surface area contributed by atoms with E-state index in [0.717, 1.165) is 43.0 Å². The molecule has 1 aliphatic rings. The van der Waals surface area contributed by atoms with E-state index in [0.29, 0.717) is 6.04 Å². The Morgan fingerprint density at radius 2 is 1.92 bits per heavy atom. The van der Waals surface area contributed by atoms with Crippen molar-refractivity contribution in [2.24, 2.45) is 0 Å². The van der Waals surface area contributed by atoms with Crippen LogP contribution >= 0.6 is 0 Å². The van der Waals surface area contributed by atoms with Crippen LogP contribution in [-0.2, 0) is 14.8 Å². The molecule has 1 N–H and O–H groups in total. The molecule has 26 heavy (non-hydrogen) atoms. The van der Waals surface area contributed by atoms with Crippen molar-refractivity contribution < 1.29 is 13.2 Å². The van der Waals surface area contributed by atoms with E-state index in [9.17, 15) is 13.2 Å². The smallest absolute Gasteiger partial charge is 0.240 e. The Hall–Kier alpha value is -1.92. The molecule has 1 atom stereocenters. The summed E-state index contributed by atoms with van der Waals surface area (Å²) in [4.78, 5) is 14.6. The second-order valence-corrected chi connectivity index (χ2v) is 8.57. The van der Waals surface area contributed by atoms with Crippen LogP contribution in [0.25, 0.3) is 10.8 Å². The van der Waals surface area contributed by atoms with Gasteiger partial charge in [0.25, 0.3) is 0 Å². The largest absolute Gasteiger partial charge is 0.340 e. The van der Waals surface area contributed by atoms with Crippen molar-refractivity contribution in [3.8, 4) is 0 Å². The van der Waals surface area contributed by atoms with Crippen LogP contribution in [-0.4, -0.2) is 38.4 Å². The summed E-state index contributed by atoms with van der Waals surface area (Å²) in [6, 6.07) is 13.0. The van der Waals surface area contributed by atoms with Gasteiger partial charge in [0.2, 0.25) is 15.9 Å². The van der Waals surface area contributed by atoms with E-state index >= 15 is 0 Å². The number of fused-ring (bicyclic) bond motifs is 1. The Labute approximate surface area is 155 Å². The molecule has 1 aliphatic heterocycles. The lowest BCUT2D eigenvalue weighted by molar-refractivity contribution is -0.134. The van der Waals surface area contributed by atoms with Crippen LogP contribution in [0, 0.1) is 0 Å². The van der Waals surface area contributed by atoms with E-state index in [1.54, 1.807) is 18.2 Å². The molecule has 0 saturated carbocycles. The summed E-state index contributed by atoms with van der Waals surface area (Å²) in [5, 5.41) is 1.88. The molecule has 1 unspecified atom stereocenters. The van der Waals surface area contributed by atoms with Gasteiger partial charge < -0.3 is 4.90 Å². The minimum absolute atomic E-state index is 0.0396. The van der Waals surface area contributed by atoms with Crippen LogP contribution in [0.1, 0.15) is 39.0 Å². The zero-order chi connectivity index (χ0) is 18.6. The van der Waals surface area contributed by atoms with Crippen molar-refractivity contribution in [1.82, 2.24) is 9.62 Å². The Bertz CT molecular complexity index is 880. The zero-order valence-corrected chi connectivity index (χ0v) is 16.0. The van der Waals surface area contributed by atoms with Crippen LogP contribution in [0.15, 0.2) is 47.4 Å². The van der Waals surface area contributed by atoms with Gasteiger partial charge >= 0.3 is 0 Å². The Morgan fingerprint density at radius 1 is 1.15 bits per heavy atom. The van der Waals surface area contributed by atoms with Crippen molar-refractivity contribution in [3.05, 3.63) is 42.5 Å². The standard InChI is InChI=1S/C20H26N2O3S/c1-2-18-9-5-6-14-22(18)20(23)12-13-21-26(24,25)19-11-10-16-7-3-4-8-17(16)15-19/h3-4,7-8,10-11,15,18,21H,2,5-6,9,12-14H2,1H3. The van der Waals surface area contributed by atoms with E-state index < -0.39 is 10.0 Å². The number of nitrogens with one attached hydrogen (secondary N) is 1. The minimum Gasteiger partial charge on any atom is -0.340 e. The first-order valence-corrected chi connectivity index (χ1v) is 10.8. The predicted octanol–water partition coefficient (Wildman–Crippen LogP) is 3.30. The maximum absolute atomic E-state index is 12.5. The number of amides is 1. The normalized spacial score (nSPS) is 18.2. The first-order valence-electron chi connectivity index (χ1n) is 9.29. The highest BCUT2D eigenvalue weighted by Crippen LogP contribution is 2.21. The molecule has 140 valence electrons. The predicted molar refractivity (Wildman–Crippen MR) is 103 cm³/mol. The number of sulfonamides is 1. The fraction of sp³-hybridized carbons (Fsp3) is 0.450. The van der Waals surface area contributed by atoms with Crippen LogP contribution in [0.3, 0.4) is 0 Å². The molecular formula is C20H26N2O3S. The number of hydrogen-bond donors (Lipinski definition) is 1. The van der Waals surface area contributed by atoms with Crippen LogP contribution in [0.5, 0.6) is 0 Å². The molecular weight excluding hydrogens is 348 g/mol.